The number of benzene rings is 1. The molecular formula is C11H16N2O. The molecule has 0 amide bonds. The summed E-state index contributed by atoms with van der Waals surface area (Å²) < 4.78 is 0. The number of nitrogens with two attached hydrogens (primary N) is 1. The number of hydrogen-bond donors (Lipinski definition) is 2. The minimum absolute atomic E-state index is 0.184. The van der Waals surface area contributed by atoms with E-state index in [4.69, 9.17) is 5.73 Å². The summed E-state index contributed by atoms with van der Waals surface area (Å²) in [5.74, 6) is 0. The van der Waals surface area contributed by atoms with Gasteiger partial charge in [0.1, 0.15) is 0 Å². The Morgan fingerprint density at radius 3 is 2.93 bits per heavy atom. The zero-order valence-corrected chi connectivity index (χ0v) is 8.40. The van der Waals surface area contributed by atoms with Crippen molar-refractivity contribution in [2.75, 3.05) is 23.7 Å². The highest BCUT2D eigenvalue weighted by Crippen LogP contribution is 2.26. The Labute approximate surface area is 84.1 Å². The van der Waals surface area contributed by atoms with Crippen LogP contribution in [0.2, 0.25) is 0 Å². The van der Waals surface area contributed by atoms with E-state index in [1.165, 1.54) is 5.56 Å². The zero-order valence-electron chi connectivity index (χ0n) is 8.40. The van der Waals surface area contributed by atoms with Crippen LogP contribution in [0.5, 0.6) is 0 Å². The molecule has 0 aliphatic carbocycles. The van der Waals surface area contributed by atoms with Crippen LogP contribution in [0.1, 0.15) is 12.0 Å². The molecule has 0 spiro atoms. The molecule has 1 unspecified atom stereocenters. The van der Waals surface area contributed by atoms with Gasteiger partial charge in [0.15, 0.2) is 0 Å². The Bertz CT molecular complexity index is 338. The molecule has 1 fully saturated rings. The summed E-state index contributed by atoms with van der Waals surface area (Å²) in [6.45, 7) is 3.72. The molecule has 0 saturated carbocycles. The Balaban J connectivity index is 2.27. The van der Waals surface area contributed by atoms with Crippen LogP contribution in [-0.2, 0) is 0 Å². The summed E-state index contributed by atoms with van der Waals surface area (Å²) >= 11 is 0. The van der Waals surface area contributed by atoms with Gasteiger partial charge in [0.25, 0.3) is 0 Å². The summed E-state index contributed by atoms with van der Waals surface area (Å²) in [6.07, 6.45) is 0.671. The number of aliphatic hydroxyl groups is 1. The first-order chi connectivity index (χ1) is 6.66. The predicted octanol–water partition coefficient (Wildman–Crippen LogP) is 1.15. The fourth-order valence-corrected chi connectivity index (χ4v) is 1.93. The average Bonchev–Trinajstić information content (AvgIpc) is 2.56. The molecule has 2 rings (SSSR count). The van der Waals surface area contributed by atoms with Gasteiger partial charge in [-0.3, -0.25) is 0 Å². The van der Waals surface area contributed by atoms with E-state index in [-0.39, 0.29) is 6.10 Å². The SMILES string of the molecule is Cc1ccc(N)cc1N1CCC(O)C1. The maximum Gasteiger partial charge on any atom is 0.0731 e. The molecule has 1 aliphatic heterocycles. The standard InChI is InChI=1S/C11H16N2O/c1-8-2-3-9(12)6-11(8)13-5-4-10(14)7-13/h2-3,6,10,14H,4-5,7,12H2,1H3. The minimum Gasteiger partial charge on any atom is -0.399 e. The normalized spacial score (nSPS) is 21.6. The monoisotopic (exact) mass is 192 g/mol. The van der Waals surface area contributed by atoms with Crippen molar-refractivity contribution in [1.82, 2.24) is 0 Å². The number of aliphatic hydroxyl groups excluding tert-OH is 1. The molecule has 1 aliphatic rings. The van der Waals surface area contributed by atoms with Crippen molar-refractivity contribution in [2.45, 2.75) is 19.4 Å². The van der Waals surface area contributed by atoms with Crippen LogP contribution in [0.25, 0.3) is 0 Å². The summed E-state index contributed by atoms with van der Waals surface area (Å²) in [5.41, 5.74) is 8.90. The summed E-state index contributed by atoms with van der Waals surface area (Å²) in [6, 6.07) is 5.91. The van der Waals surface area contributed by atoms with Crippen molar-refractivity contribution in [3.8, 4) is 0 Å². The molecule has 1 heterocycles. The molecule has 1 atom stereocenters. The van der Waals surface area contributed by atoms with Crippen molar-refractivity contribution in [2.24, 2.45) is 0 Å². The second kappa shape index (κ2) is 3.50. The van der Waals surface area contributed by atoms with Gasteiger partial charge in [-0.1, -0.05) is 6.07 Å². The molecule has 3 N–H and O–H groups in total. The molecule has 14 heavy (non-hydrogen) atoms. The lowest BCUT2D eigenvalue weighted by atomic mass is 10.1. The second-order valence-electron chi connectivity index (χ2n) is 3.93. The van der Waals surface area contributed by atoms with Crippen molar-refractivity contribution < 1.29 is 5.11 Å². The molecule has 1 aromatic carbocycles. The molecular weight excluding hydrogens is 176 g/mol. The third-order valence-electron chi connectivity index (χ3n) is 2.74. The van der Waals surface area contributed by atoms with Crippen LogP contribution < -0.4 is 10.6 Å². The first-order valence-corrected chi connectivity index (χ1v) is 4.96. The third-order valence-corrected chi connectivity index (χ3v) is 2.74. The third kappa shape index (κ3) is 1.68. The van der Waals surface area contributed by atoms with Crippen molar-refractivity contribution in [3.63, 3.8) is 0 Å². The largest absolute Gasteiger partial charge is 0.399 e. The number of hydrogen-bond acceptors (Lipinski definition) is 3. The van der Waals surface area contributed by atoms with Crippen LogP contribution >= 0.6 is 0 Å². The maximum absolute atomic E-state index is 9.45. The molecule has 0 aromatic heterocycles. The minimum atomic E-state index is -0.184. The summed E-state index contributed by atoms with van der Waals surface area (Å²) in [7, 11) is 0. The van der Waals surface area contributed by atoms with E-state index >= 15 is 0 Å². The number of nitrogens with zero attached hydrogens (tertiary/aromatic N) is 1. The van der Waals surface area contributed by atoms with Gasteiger partial charge in [-0.2, -0.15) is 0 Å². The lowest BCUT2D eigenvalue weighted by Crippen LogP contribution is -2.22. The van der Waals surface area contributed by atoms with Gasteiger partial charge < -0.3 is 15.7 Å². The van der Waals surface area contributed by atoms with Crippen LogP contribution in [0.4, 0.5) is 11.4 Å². The van der Waals surface area contributed by atoms with E-state index < -0.39 is 0 Å². The first kappa shape index (κ1) is 9.34. The Kier molecular flexibility index (Phi) is 2.33. The number of nitrogen functional groups attached to an aromatic ring is 1. The Morgan fingerprint density at radius 1 is 1.50 bits per heavy atom. The zero-order chi connectivity index (χ0) is 10.1. The first-order valence-electron chi connectivity index (χ1n) is 4.96. The lowest BCUT2D eigenvalue weighted by molar-refractivity contribution is 0.198. The van der Waals surface area contributed by atoms with Crippen molar-refractivity contribution >= 4 is 11.4 Å². The van der Waals surface area contributed by atoms with Gasteiger partial charge in [0.05, 0.1) is 6.10 Å². The van der Waals surface area contributed by atoms with Gasteiger partial charge in [0.2, 0.25) is 0 Å². The second-order valence-corrected chi connectivity index (χ2v) is 3.93. The van der Waals surface area contributed by atoms with E-state index in [0.29, 0.717) is 0 Å². The van der Waals surface area contributed by atoms with Crippen molar-refractivity contribution in [1.29, 1.82) is 0 Å². The number of β-amino-alcohol motifs (C(OH)–C–C–N with tert-alkyl or cyclic N) is 1. The lowest BCUT2D eigenvalue weighted by Gasteiger charge is -2.20. The number of rotatable bonds is 1. The van der Waals surface area contributed by atoms with Crippen LogP contribution in [0.3, 0.4) is 0 Å². The van der Waals surface area contributed by atoms with Gasteiger partial charge in [0, 0.05) is 24.5 Å². The van der Waals surface area contributed by atoms with Gasteiger partial charge in [-0.05, 0) is 31.0 Å². The average molecular weight is 192 g/mol. The van der Waals surface area contributed by atoms with Crippen LogP contribution in [0, 0.1) is 6.92 Å². The molecule has 0 bridgehead atoms. The highest BCUT2D eigenvalue weighted by molar-refractivity contribution is 5.61. The fraction of sp³-hybridized carbons (Fsp3) is 0.455. The fourth-order valence-electron chi connectivity index (χ4n) is 1.93. The molecule has 76 valence electrons. The summed E-state index contributed by atoms with van der Waals surface area (Å²) in [5, 5.41) is 9.45. The topological polar surface area (TPSA) is 49.5 Å². The predicted molar refractivity (Wildman–Crippen MR) is 58.4 cm³/mol. The van der Waals surface area contributed by atoms with E-state index in [9.17, 15) is 5.11 Å². The molecule has 0 radical (unpaired) electrons. The Morgan fingerprint density at radius 2 is 2.29 bits per heavy atom. The molecule has 3 nitrogen and oxygen atoms in total. The Hall–Kier alpha value is -1.22. The number of anilines is 2. The van der Waals surface area contributed by atoms with E-state index in [0.717, 1.165) is 30.9 Å². The molecule has 3 heteroatoms. The summed E-state index contributed by atoms with van der Waals surface area (Å²) in [4.78, 5) is 2.19. The van der Waals surface area contributed by atoms with Crippen LogP contribution in [-0.4, -0.2) is 24.3 Å². The van der Waals surface area contributed by atoms with Gasteiger partial charge in [-0.15, -0.1) is 0 Å². The molecule has 1 saturated heterocycles. The van der Waals surface area contributed by atoms with E-state index in [1.54, 1.807) is 0 Å². The maximum atomic E-state index is 9.45. The quantitative estimate of drug-likeness (QED) is 0.656. The number of aryl methyl sites for hydroxylation is 1. The van der Waals surface area contributed by atoms with Crippen molar-refractivity contribution in [3.05, 3.63) is 23.8 Å². The van der Waals surface area contributed by atoms with Crippen LogP contribution in [0.15, 0.2) is 18.2 Å². The highest BCUT2D eigenvalue weighted by atomic mass is 16.3. The van der Waals surface area contributed by atoms with Gasteiger partial charge in [-0.25, -0.2) is 0 Å². The highest BCUT2D eigenvalue weighted by Gasteiger charge is 2.21. The molecule has 1 aromatic rings. The van der Waals surface area contributed by atoms with Gasteiger partial charge >= 0.3 is 0 Å². The van der Waals surface area contributed by atoms with E-state index in [1.807, 2.05) is 18.2 Å². The smallest absolute Gasteiger partial charge is 0.0731 e. The van der Waals surface area contributed by atoms with E-state index in [2.05, 4.69) is 11.8 Å².